The van der Waals surface area contributed by atoms with Gasteiger partial charge in [-0.25, -0.2) is 0 Å². The Morgan fingerprint density at radius 2 is 2.28 bits per heavy atom. The highest BCUT2D eigenvalue weighted by atomic mass is 35.5. The van der Waals surface area contributed by atoms with Crippen molar-refractivity contribution in [1.29, 1.82) is 5.26 Å². The molecule has 0 bridgehead atoms. The van der Waals surface area contributed by atoms with Crippen LogP contribution >= 0.6 is 11.6 Å². The Morgan fingerprint density at radius 3 is 2.96 bits per heavy atom. The molecule has 126 valence electrons. The maximum Gasteiger partial charge on any atom is 0.269 e. The lowest BCUT2D eigenvalue weighted by molar-refractivity contribution is 0.0931. The molecule has 7 nitrogen and oxygen atoms in total. The van der Waals surface area contributed by atoms with Gasteiger partial charge in [-0.2, -0.15) is 15.5 Å². The molecule has 0 saturated heterocycles. The van der Waals surface area contributed by atoms with Gasteiger partial charge >= 0.3 is 0 Å². The van der Waals surface area contributed by atoms with Crippen LogP contribution in [0.4, 0.5) is 0 Å². The van der Waals surface area contributed by atoms with Gasteiger partial charge in [0.15, 0.2) is 0 Å². The molecule has 3 aromatic rings. The zero-order chi connectivity index (χ0) is 17.8. The molecule has 0 spiro atoms. The first-order chi connectivity index (χ1) is 12.1. The predicted octanol–water partition coefficient (Wildman–Crippen LogP) is 2.62. The molecular formula is C17H15ClN6O. The highest BCUT2D eigenvalue weighted by Gasteiger charge is 2.12. The Morgan fingerprint density at radius 1 is 1.44 bits per heavy atom. The molecule has 2 N–H and O–H groups in total. The third kappa shape index (κ3) is 3.87. The normalized spacial score (nSPS) is 11.7. The van der Waals surface area contributed by atoms with Crippen LogP contribution in [0.3, 0.4) is 0 Å². The number of H-pyrrole nitrogens is 1. The average molecular weight is 355 g/mol. The molecule has 1 aromatic carbocycles. The number of rotatable bonds is 5. The van der Waals surface area contributed by atoms with Crippen LogP contribution in [-0.4, -0.2) is 31.9 Å². The number of aromatic nitrogens is 4. The van der Waals surface area contributed by atoms with E-state index in [2.05, 4.69) is 20.6 Å². The molecule has 8 heteroatoms. The van der Waals surface area contributed by atoms with Gasteiger partial charge < -0.3 is 5.32 Å². The fourth-order valence-electron chi connectivity index (χ4n) is 2.39. The van der Waals surface area contributed by atoms with Gasteiger partial charge in [-0.05, 0) is 31.2 Å². The molecule has 0 aliphatic heterocycles. The van der Waals surface area contributed by atoms with Crippen LogP contribution in [0, 0.1) is 11.3 Å². The van der Waals surface area contributed by atoms with Crippen molar-refractivity contribution in [1.82, 2.24) is 25.3 Å². The van der Waals surface area contributed by atoms with Gasteiger partial charge in [0.25, 0.3) is 5.91 Å². The minimum Gasteiger partial charge on any atom is -0.346 e. The summed E-state index contributed by atoms with van der Waals surface area (Å²) in [6, 6.07) is 10.6. The molecule has 2 heterocycles. The molecule has 0 fully saturated rings. The van der Waals surface area contributed by atoms with Crippen molar-refractivity contribution < 1.29 is 4.79 Å². The number of nitrogens with one attached hydrogen (secondary N) is 2. The Hall–Kier alpha value is -3.11. The molecule has 1 unspecified atom stereocenters. The number of carbonyl (C=O) groups is 1. The molecule has 0 saturated carbocycles. The van der Waals surface area contributed by atoms with E-state index in [1.807, 2.05) is 25.3 Å². The molecular weight excluding hydrogens is 340 g/mol. The van der Waals surface area contributed by atoms with E-state index in [9.17, 15) is 4.79 Å². The number of aromatic amines is 1. The quantitative estimate of drug-likeness (QED) is 0.735. The van der Waals surface area contributed by atoms with Crippen LogP contribution < -0.4 is 5.32 Å². The summed E-state index contributed by atoms with van der Waals surface area (Å²) >= 11 is 6.06. The predicted molar refractivity (Wildman–Crippen MR) is 92.9 cm³/mol. The van der Waals surface area contributed by atoms with Crippen LogP contribution in [0.15, 0.2) is 42.7 Å². The summed E-state index contributed by atoms with van der Waals surface area (Å²) in [6.45, 7) is 2.41. The third-order valence-corrected chi connectivity index (χ3v) is 3.92. The van der Waals surface area contributed by atoms with Crippen molar-refractivity contribution in [2.45, 2.75) is 19.5 Å². The van der Waals surface area contributed by atoms with Crippen LogP contribution in [0.25, 0.3) is 11.3 Å². The van der Waals surface area contributed by atoms with Gasteiger partial charge in [-0.15, -0.1) is 0 Å². The number of nitriles is 1. The molecule has 25 heavy (non-hydrogen) atoms. The summed E-state index contributed by atoms with van der Waals surface area (Å²) in [5.74, 6) is -0.212. The highest BCUT2D eigenvalue weighted by molar-refractivity contribution is 6.32. The van der Waals surface area contributed by atoms with Crippen molar-refractivity contribution in [2.24, 2.45) is 0 Å². The zero-order valence-corrected chi connectivity index (χ0v) is 14.2. The number of amides is 1. The van der Waals surface area contributed by atoms with Crippen LogP contribution in [0.1, 0.15) is 23.0 Å². The molecule has 0 radical (unpaired) electrons. The summed E-state index contributed by atoms with van der Waals surface area (Å²) < 4.78 is 1.75. The summed E-state index contributed by atoms with van der Waals surface area (Å²) in [5.41, 5.74) is 2.43. The van der Waals surface area contributed by atoms with E-state index in [0.717, 1.165) is 11.3 Å². The smallest absolute Gasteiger partial charge is 0.269 e. The number of benzene rings is 1. The molecule has 0 aliphatic rings. The number of carbonyl (C=O) groups excluding carboxylic acids is 1. The van der Waals surface area contributed by atoms with E-state index in [4.69, 9.17) is 16.9 Å². The summed E-state index contributed by atoms with van der Waals surface area (Å²) in [4.78, 5) is 12.0. The maximum atomic E-state index is 12.0. The van der Waals surface area contributed by atoms with Crippen molar-refractivity contribution in [2.75, 3.05) is 0 Å². The standard InChI is InChI=1S/C17H15ClN6O/c1-11(21-17(25)16-4-6-20-22-16)10-24-7-5-15(23-24)12-2-3-13(9-19)14(18)8-12/h2-8,11H,10H2,1H3,(H,20,22)(H,21,25). The first-order valence-electron chi connectivity index (χ1n) is 7.60. The summed E-state index contributed by atoms with van der Waals surface area (Å²) in [7, 11) is 0. The van der Waals surface area contributed by atoms with E-state index >= 15 is 0 Å². The van der Waals surface area contributed by atoms with E-state index < -0.39 is 0 Å². The largest absolute Gasteiger partial charge is 0.346 e. The van der Waals surface area contributed by atoms with Gasteiger partial charge in [0.05, 0.1) is 22.8 Å². The molecule has 2 aromatic heterocycles. The zero-order valence-electron chi connectivity index (χ0n) is 13.4. The fraction of sp³-hybridized carbons (Fsp3) is 0.176. The van der Waals surface area contributed by atoms with Crippen LogP contribution in [-0.2, 0) is 6.54 Å². The second kappa shape index (κ2) is 7.20. The summed E-state index contributed by atoms with van der Waals surface area (Å²) in [6.07, 6.45) is 3.36. The topological polar surface area (TPSA) is 99.4 Å². The monoisotopic (exact) mass is 354 g/mol. The molecule has 0 aliphatic carbocycles. The number of halogens is 1. The van der Waals surface area contributed by atoms with Crippen molar-refractivity contribution in [3.8, 4) is 17.3 Å². The lowest BCUT2D eigenvalue weighted by Crippen LogP contribution is -2.36. The van der Waals surface area contributed by atoms with Crippen LogP contribution in [0.2, 0.25) is 5.02 Å². The minimum atomic E-state index is -0.212. The first-order valence-corrected chi connectivity index (χ1v) is 7.98. The fourth-order valence-corrected chi connectivity index (χ4v) is 2.62. The number of nitrogens with zero attached hydrogens (tertiary/aromatic N) is 4. The van der Waals surface area contributed by atoms with Crippen molar-refractivity contribution >= 4 is 17.5 Å². The third-order valence-electron chi connectivity index (χ3n) is 3.61. The van der Waals surface area contributed by atoms with Gasteiger partial charge in [-0.1, -0.05) is 17.7 Å². The minimum absolute atomic E-state index is 0.117. The molecule has 3 rings (SSSR count). The number of hydrogen-bond acceptors (Lipinski definition) is 4. The van der Waals surface area contributed by atoms with Gasteiger partial charge in [-0.3, -0.25) is 14.6 Å². The van der Waals surface area contributed by atoms with E-state index in [-0.39, 0.29) is 11.9 Å². The average Bonchev–Trinajstić information content (AvgIpc) is 3.26. The Kier molecular flexibility index (Phi) is 4.82. The number of hydrogen-bond donors (Lipinski definition) is 2. The van der Waals surface area contributed by atoms with Gasteiger partial charge in [0.2, 0.25) is 0 Å². The van der Waals surface area contributed by atoms with Gasteiger partial charge in [0.1, 0.15) is 11.8 Å². The summed E-state index contributed by atoms with van der Waals surface area (Å²) in [5, 5.41) is 23.1. The lowest BCUT2D eigenvalue weighted by atomic mass is 10.1. The Bertz CT molecular complexity index is 925. The SMILES string of the molecule is CC(Cn1ccc(-c2ccc(C#N)c(Cl)c2)n1)NC(=O)c1ccn[nH]1. The van der Waals surface area contributed by atoms with E-state index in [1.54, 1.807) is 28.9 Å². The Labute approximate surface area is 149 Å². The van der Waals surface area contributed by atoms with E-state index in [1.165, 1.54) is 6.20 Å². The first kappa shape index (κ1) is 16.7. The molecule has 1 atom stereocenters. The molecule has 1 amide bonds. The Balaban J connectivity index is 1.66. The second-order valence-corrected chi connectivity index (χ2v) is 5.98. The van der Waals surface area contributed by atoms with Crippen molar-refractivity contribution in [3.05, 3.63) is 59.0 Å². The maximum absolute atomic E-state index is 12.0. The lowest BCUT2D eigenvalue weighted by Gasteiger charge is -2.13. The highest BCUT2D eigenvalue weighted by Crippen LogP contribution is 2.24. The van der Waals surface area contributed by atoms with Gasteiger partial charge in [0, 0.05) is 24.0 Å². The van der Waals surface area contributed by atoms with E-state index in [0.29, 0.717) is 22.8 Å². The van der Waals surface area contributed by atoms with Crippen molar-refractivity contribution in [3.63, 3.8) is 0 Å². The van der Waals surface area contributed by atoms with Crippen LogP contribution in [0.5, 0.6) is 0 Å². The second-order valence-electron chi connectivity index (χ2n) is 5.57.